The molecular weight excluding hydrogens is 380 g/mol. The summed E-state index contributed by atoms with van der Waals surface area (Å²) >= 11 is 0. The number of carbonyl (C=O) groups excluding carboxylic acids is 2. The lowest BCUT2D eigenvalue weighted by Crippen LogP contribution is -2.35. The SMILES string of the molecule is Cc1ccc(N2CC(C(=O)NCCNc3cc(-n4cccc4)ncn3)CC2=O)cc1. The first-order valence-electron chi connectivity index (χ1n) is 9.94. The number of hydrogen-bond donors (Lipinski definition) is 2. The summed E-state index contributed by atoms with van der Waals surface area (Å²) in [5.41, 5.74) is 1.97. The number of rotatable bonds is 7. The highest BCUT2D eigenvalue weighted by Gasteiger charge is 2.34. The molecule has 0 radical (unpaired) electrons. The zero-order chi connectivity index (χ0) is 20.9. The first-order valence-corrected chi connectivity index (χ1v) is 9.94. The number of hydrogen-bond acceptors (Lipinski definition) is 5. The number of aryl methyl sites for hydroxylation is 1. The Morgan fingerprint density at radius 1 is 1.13 bits per heavy atom. The van der Waals surface area contributed by atoms with Crippen LogP contribution in [0.2, 0.25) is 0 Å². The fourth-order valence-corrected chi connectivity index (χ4v) is 3.45. The fourth-order valence-electron chi connectivity index (χ4n) is 3.45. The zero-order valence-corrected chi connectivity index (χ0v) is 16.8. The van der Waals surface area contributed by atoms with Crippen LogP contribution in [0.5, 0.6) is 0 Å². The minimum Gasteiger partial charge on any atom is -0.368 e. The summed E-state index contributed by atoms with van der Waals surface area (Å²) in [5.74, 6) is 0.996. The zero-order valence-electron chi connectivity index (χ0n) is 16.8. The number of carbonyl (C=O) groups is 2. The van der Waals surface area contributed by atoms with E-state index in [0.29, 0.717) is 25.5 Å². The molecule has 154 valence electrons. The van der Waals surface area contributed by atoms with Crippen LogP contribution in [0.25, 0.3) is 5.82 Å². The van der Waals surface area contributed by atoms with E-state index < -0.39 is 0 Å². The van der Waals surface area contributed by atoms with Gasteiger partial charge in [0.1, 0.15) is 18.0 Å². The van der Waals surface area contributed by atoms with Crippen LogP contribution in [0.15, 0.2) is 61.2 Å². The van der Waals surface area contributed by atoms with Crippen LogP contribution in [0.3, 0.4) is 0 Å². The number of aromatic nitrogens is 3. The maximum absolute atomic E-state index is 12.5. The summed E-state index contributed by atoms with van der Waals surface area (Å²) in [6, 6.07) is 13.5. The molecule has 1 saturated heterocycles. The summed E-state index contributed by atoms with van der Waals surface area (Å²) in [7, 11) is 0. The lowest BCUT2D eigenvalue weighted by molar-refractivity contribution is -0.126. The van der Waals surface area contributed by atoms with Gasteiger partial charge in [-0.2, -0.15) is 0 Å². The molecule has 1 aliphatic heterocycles. The molecule has 2 amide bonds. The lowest BCUT2D eigenvalue weighted by atomic mass is 10.1. The van der Waals surface area contributed by atoms with Crippen molar-refractivity contribution in [3.63, 3.8) is 0 Å². The molecule has 0 spiro atoms. The van der Waals surface area contributed by atoms with Gasteiger partial charge in [-0.25, -0.2) is 9.97 Å². The van der Waals surface area contributed by atoms with Crippen molar-refractivity contribution in [1.29, 1.82) is 0 Å². The Kier molecular flexibility index (Phi) is 5.74. The second kappa shape index (κ2) is 8.77. The van der Waals surface area contributed by atoms with E-state index in [9.17, 15) is 9.59 Å². The molecule has 3 aromatic rings. The van der Waals surface area contributed by atoms with Gasteiger partial charge in [0.15, 0.2) is 0 Å². The quantitative estimate of drug-likeness (QED) is 0.589. The van der Waals surface area contributed by atoms with Crippen LogP contribution in [-0.2, 0) is 9.59 Å². The van der Waals surface area contributed by atoms with Crippen LogP contribution >= 0.6 is 0 Å². The Bertz CT molecular complexity index is 1020. The normalized spacial score (nSPS) is 16.0. The van der Waals surface area contributed by atoms with E-state index in [0.717, 1.165) is 17.1 Å². The number of nitrogens with zero attached hydrogens (tertiary/aromatic N) is 4. The maximum atomic E-state index is 12.5. The minimum absolute atomic E-state index is 0.0179. The summed E-state index contributed by atoms with van der Waals surface area (Å²) in [4.78, 5) is 35.0. The Morgan fingerprint density at radius 2 is 1.90 bits per heavy atom. The van der Waals surface area contributed by atoms with Crippen molar-refractivity contribution in [2.45, 2.75) is 13.3 Å². The molecule has 1 aromatic carbocycles. The van der Waals surface area contributed by atoms with E-state index in [1.54, 1.807) is 4.90 Å². The fraction of sp³-hybridized carbons (Fsp3) is 0.273. The molecule has 3 heterocycles. The molecular formula is C22H24N6O2. The topological polar surface area (TPSA) is 92.2 Å². The van der Waals surface area contributed by atoms with Crippen LogP contribution in [-0.4, -0.2) is 46.0 Å². The van der Waals surface area contributed by atoms with E-state index in [1.807, 2.05) is 66.3 Å². The molecule has 1 atom stereocenters. The predicted molar refractivity (Wildman–Crippen MR) is 114 cm³/mol. The minimum atomic E-state index is -0.335. The first kappa shape index (κ1) is 19.6. The highest BCUT2D eigenvalue weighted by molar-refractivity contribution is 6.00. The third-order valence-electron chi connectivity index (χ3n) is 5.09. The van der Waals surface area contributed by atoms with Crippen molar-refractivity contribution in [1.82, 2.24) is 19.9 Å². The highest BCUT2D eigenvalue weighted by atomic mass is 16.2. The summed E-state index contributed by atoms with van der Waals surface area (Å²) in [5, 5.41) is 6.09. The Labute approximate surface area is 175 Å². The molecule has 1 unspecified atom stereocenters. The molecule has 1 fully saturated rings. The van der Waals surface area contributed by atoms with E-state index in [1.165, 1.54) is 6.33 Å². The monoisotopic (exact) mass is 404 g/mol. The molecule has 8 nitrogen and oxygen atoms in total. The second-order valence-corrected chi connectivity index (χ2v) is 7.31. The third-order valence-corrected chi connectivity index (χ3v) is 5.09. The molecule has 0 saturated carbocycles. The van der Waals surface area contributed by atoms with Crippen LogP contribution < -0.4 is 15.5 Å². The van der Waals surface area contributed by atoms with Gasteiger partial charge in [0.25, 0.3) is 0 Å². The average molecular weight is 404 g/mol. The van der Waals surface area contributed by atoms with Gasteiger partial charge in [-0.1, -0.05) is 17.7 Å². The van der Waals surface area contributed by atoms with Crippen LogP contribution in [0.4, 0.5) is 11.5 Å². The van der Waals surface area contributed by atoms with Crippen molar-refractivity contribution in [2.75, 3.05) is 29.9 Å². The third kappa shape index (κ3) is 4.48. The predicted octanol–water partition coefficient (Wildman–Crippen LogP) is 2.16. The Morgan fingerprint density at radius 3 is 2.67 bits per heavy atom. The van der Waals surface area contributed by atoms with Crippen molar-refractivity contribution >= 4 is 23.3 Å². The molecule has 0 aliphatic carbocycles. The summed E-state index contributed by atoms with van der Waals surface area (Å²) in [6.45, 7) is 3.38. The van der Waals surface area contributed by atoms with E-state index >= 15 is 0 Å². The summed E-state index contributed by atoms with van der Waals surface area (Å²) < 4.78 is 1.89. The van der Waals surface area contributed by atoms with Crippen molar-refractivity contribution < 1.29 is 9.59 Å². The molecule has 4 rings (SSSR count). The lowest BCUT2D eigenvalue weighted by Gasteiger charge is -2.17. The second-order valence-electron chi connectivity index (χ2n) is 7.31. The number of benzene rings is 1. The van der Waals surface area contributed by atoms with Gasteiger partial charge < -0.3 is 20.1 Å². The number of anilines is 2. The molecule has 30 heavy (non-hydrogen) atoms. The van der Waals surface area contributed by atoms with E-state index in [2.05, 4.69) is 20.6 Å². The maximum Gasteiger partial charge on any atom is 0.227 e. The first-order chi connectivity index (χ1) is 14.6. The van der Waals surface area contributed by atoms with Crippen molar-refractivity contribution in [3.05, 3.63) is 66.7 Å². The molecule has 1 aliphatic rings. The van der Waals surface area contributed by atoms with Gasteiger partial charge >= 0.3 is 0 Å². The standard InChI is InChI=1S/C22H24N6O2/c1-16-4-6-18(7-5-16)28-14-17(12-21(28)29)22(30)24-9-8-23-19-13-20(26-15-25-19)27-10-2-3-11-27/h2-7,10-11,13,15,17H,8-9,12,14H2,1H3,(H,24,30)(H,23,25,26). The largest absolute Gasteiger partial charge is 0.368 e. The number of nitrogens with one attached hydrogen (secondary N) is 2. The smallest absolute Gasteiger partial charge is 0.227 e. The van der Waals surface area contributed by atoms with Crippen LogP contribution in [0.1, 0.15) is 12.0 Å². The van der Waals surface area contributed by atoms with Gasteiger partial charge in [0, 0.05) is 50.2 Å². The van der Waals surface area contributed by atoms with E-state index in [4.69, 9.17) is 0 Å². The van der Waals surface area contributed by atoms with Gasteiger partial charge in [-0.3, -0.25) is 9.59 Å². The molecule has 8 heteroatoms. The van der Waals surface area contributed by atoms with Gasteiger partial charge in [-0.05, 0) is 31.2 Å². The molecule has 2 aromatic heterocycles. The molecule has 0 bridgehead atoms. The van der Waals surface area contributed by atoms with Crippen molar-refractivity contribution in [3.8, 4) is 5.82 Å². The van der Waals surface area contributed by atoms with Gasteiger partial charge in [0.2, 0.25) is 11.8 Å². The van der Waals surface area contributed by atoms with Gasteiger partial charge in [0.05, 0.1) is 5.92 Å². The molecule has 2 N–H and O–H groups in total. The Hall–Kier alpha value is -3.68. The van der Waals surface area contributed by atoms with Crippen molar-refractivity contribution in [2.24, 2.45) is 5.92 Å². The highest BCUT2D eigenvalue weighted by Crippen LogP contribution is 2.25. The van der Waals surface area contributed by atoms with Gasteiger partial charge in [-0.15, -0.1) is 0 Å². The summed E-state index contributed by atoms with van der Waals surface area (Å²) in [6.07, 6.45) is 5.56. The number of amides is 2. The Balaban J connectivity index is 1.25. The van der Waals surface area contributed by atoms with Crippen LogP contribution in [0, 0.1) is 12.8 Å². The van der Waals surface area contributed by atoms with E-state index in [-0.39, 0.29) is 24.2 Å². The average Bonchev–Trinajstić information content (AvgIpc) is 3.42.